The SMILES string of the molecule is COc1cc([C@H]2C3=CC[C@@H]4C(=O)N(c5ccc(Cl)cc5)C(=O)[C@@H]4[C@@H]3CC3=C2C(=O)C=C(C)C3=O)cc(I)c1O. The van der Waals surface area contributed by atoms with E-state index in [1.165, 1.54) is 18.1 Å². The molecule has 1 aliphatic heterocycles. The highest BCUT2D eigenvalue weighted by Gasteiger charge is 2.56. The Morgan fingerprint density at radius 3 is 2.46 bits per heavy atom. The van der Waals surface area contributed by atoms with E-state index >= 15 is 0 Å². The van der Waals surface area contributed by atoms with E-state index in [0.29, 0.717) is 43.0 Å². The van der Waals surface area contributed by atoms with E-state index in [-0.39, 0.29) is 41.3 Å². The molecule has 1 fully saturated rings. The lowest BCUT2D eigenvalue weighted by Gasteiger charge is -2.42. The number of Topliss-reactive ketones (excluding diaryl/α,β-unsaturated/α-hetero) is 1. The monoisotopic (exact) mass is 655 g/mol. The van der Waals surface area contributed by atoms with Gasteiger partial charge in [-0.15, -0.1) is 0 Å². The zero-order valence-corrected chi connectivity index (χ0v) is 23.9. The van der Waals surface area contributed by atoms with Crippen LogP contribution in [0.15, 0.2) is 70.8 Å². The maximum atomic E-state index is 13.9. The lowest BCUT2D eigenvalue weighted by Crippen LogP contribution is -2.39. The number of phenolic OH excluding ortho intramolecular Hbond substituents is 1. The van der Waals surface area contributed by atoms with Gasteiger partial charge in [0, 0.05) is 27.7 Å². The summed E-state index contributed by atoms with van der Waals surface area (Å²) in [5.41, 5.74) is 3.11. The van der Waals surface area contributed by atoms with Crippen molar-refractivity contribution in [3.05, 3.63) is 85.0 Å². The van der Waals surface area contributed by atoms with Crippen LogP contribution in [0.1, 0.15) is 31.2 Å². The number of aromatic hydroxyl groups is 1. The highest BCUT2D eigenvalue weighted by molar-refractivity contribution is 14.1. The maximum absolute atomic E-state index is 13.9. The number of carbonyl (C=O) groups is 4. The zero-order chi connectivity index (χ0) is 27.7. The Morgan fingerprint density at radius 1 is 1.05 bits per heavy atom. The van der Waals surface area contributed by atoms with Crippen molar-refractivity contribution in [1.82, 2.24) is 0 Å². The third-order valence-electron chi connectivity index (χ3n) is 8.25. The summed E-state index contributed by atoms with van der Waals surface area (Å²) in [5, 5.41) is 11.0. The first-order chi connectivity index (χ1) is 18.6. The summed E-state index contributed by atoms with van der Waals surface area (Å²) >= 11 is 8.03. The number of rotatable bonds is 3. The number of nitrogens with zero attached hydrogens (tertiary/aromatic N) is 1. The Kier molecular flexibility index (Phi) is 6.30. The summed E-state index contributed by atoms with van der Waals surface area (Å²) in [6.45, 7) is 1.62. The summed E-state index contributed by atoms with van der Waals surface area (Å²) in [6.07, 6.45) is 3.88. The predicted octanol–water partition coefficient (Wildman–Crippen LogP) is 5.29. The van der Waals surface area contributed by atoms with Crippen LogP contribution in [-0.2, 0) is 19.2 Å². The molecule has 0 aromatic heterocycles. The van der Waals surface area contributed by atoms with Crippen LogP contribution in [0, 0.1) is 21.3 Å². The predicted molar refractivity (Wildman–Crippen MR) is 153 cm³/mol. The molecule has 3 aliphatic carbocycles. The number of carbonyl (C=O) groups excluding carboxylic acids is 4. The number of allylic oxidation sites excluding steroid dienone is 6. The number of methoxy groups -OCH3 is 1. The fourth-order valence-electron chi connectivity index (χ4n) is 6.52. The van der Waals surface area contributed by atoms with Crippen molar-refractivity contribution in [2.45, 2.75) is 25.7 Å². The largest absolute Gasteiger partial charge is 0.504 e. The molecule has 1 N–H and O–H groups in total. The van der Waals surface area contributed by atoms with Gasteiger partial charge in [0.1, 0.15) is 0 Å². The van der Waals surface area contributed by atoms with Crippen LogP contribution in [0.5, 0.6) is 11.5 Å². The minimum atomic E-state index is -0.670. The number of benzene rings is 2. The van der Waals surface area contributed by atoms with E-state index in [0.717, 1.165) is 5.57 Å². The van der Waals surface area contributed by atoms with Gasteiger partial charge in [0.05, 0.1) is 28.2 Å². The molecule has 0 unspecified atom stereocenters. The van der Waals surface area contributed by atoms with Gasteiger partial charge in [0.25, 0.3) is 0 Å². The molecule has 39 heavy (non-hydrogen) atoms. The molecular weight excluding hydrogens is 633 g/mol. The van der Waals surface area contributed by atoms with Gasteiger partial charge in [-0.3, -0.25) is 24.1 Å². The maximum Gasteiger partial charge on any atom is 0.238 e. The standard InChI is InChI=1S/C30H23ClINO6/c1-13-9-22(34)26-20(27(13)35)12-19-17(24(26)14-10-21(32)28(36)23(11-14)39-2)7-8-18-25(19)30(38)33(29(18)37)16-5-3-15(31)4-6-16/h3-7,9-11,18-19,24-25,36H,8,12H2,1-2H3/t18-,19+,24-,25-/m0/s1. The normalized spacial score (nSPS) is 26.2. The minimum absolute atomic E-state index is 0.0157. The molecule has 1 saturated heterocycles. The number of hydrogen-bond acceptors (Lipinski definition) is 6. The molecule has 9 heteroatoms. The van der Waals surface area contributed by atoms with Gasteiger partial charge in [-0.1, -0.05) is 23.3 Å². The molecule has 2 aromatic carbocycles. The quantitative estimate of drug-likeness (QED) is 0.209. The van der Waals surface area contributed by atoms with Crippen LogP contribution < -0.4 is 9.64 Å². The first kappa shape index (κ1) is 26.0. The van der Waals surface area contributed by atoms with Gasteiger partial charge in [-0.25, -0.2) is 0 Å². The number of amides is 2. The second-order valence-electron chi connectivity index (χ2n) is 10.3. The molecule has 6 rings (SSSR count). The summed E-state index contributed by atoms with van der Waals surface area (Å²) in [6, 6.07) is 10.0. The zero-order valence-electron chi connectivity index (χ0n) is 21.0. The molecule has 4 aliphatic rings. The van der Waals surface area contributed by atoms with Gasteiger partial charge >= 0.3 is 0 Å². The van der Waals surface area contributed by atoms with E-state index in [4.69, 9.17) is 16.3 Å². The first-order valence-electron chi connectivity index (χ1n) is 12.5. The molecule has 0 spiro atoms. The Labute approximate surface area is 243 Å². The van der Waals surface area contributed by atoms with Gasteiger partial charge in [-0.2, -0.15) is 0 Å². The van der Waals surface area contributed by atoms with Crippen molar-refractivity contribution in [2.75, 3.05) is 12.0 Å². The number of imide groups is 1. The van der Waals surface area contributed by atoms with Gasteiger partial charge in [0.15, 0.2) is 23.1 Å². The third-order valence-corrected chi connectivity index (χ3v) is 9.33. The molecule has 0 bridgehead atoms. The fraction of sp³-hybridized carbons (Fsp3) is 0.267. The highest BCUT2D eigenvalue weighted by atomic mass is 127. The Balaban J connectivity index is 1.51. The molecule has 7 nitrogen and oxygen atoms in total. The molecule has 0 saturated carbocycles. The first-order valence-corrected chi connectivity index (χ1v) is 14.0. The Hall–Kier alpha value is -3.24. The number of ether oxygens (including phenoxy) is 1. The van der Waals surface area contributed by atoms with Crippen molar-refractivity contribution in [2.24, 2.45) is 17.8 Å². The molecule has 4 atom stereocenters. The number of halogens is 2. The van der Waals surface area contributed by atoms with Gasteiger partial charge in [0.2, 0.25) is 11.8 Å². The van der Waals surface area contributed by atoms with Crippen molar-refractivity contribution >= 4 is 63.3 Å². The molecule has 198 valence electrons. The Morgan fingerprint density at radius 2 is 1.77 bits per heavy atom. The third kappa shape index (κ3) is 3.90. The van der Waals surface area contributed by atoms with Crippen LogP contribution in [0.3, 0.4) is 0 Å². The highest BCUT2D eigenvalue weighted by Crippen LogP contribution is 2.56. The van der Waals surface area contributed by atoms with Crippen molar-refractivity contribution in [3.8, 4) is 11.5 Å². The summed E-state index contributed by atoms with van der Waals surface area (Å²) in [7, 11) is 1.45. The van der Waals surface area contributed by atoms with Crippen LogP contribution in [0.2, 0.25) is 5.02 Å². The van der Waals surface area contributed by atoms with Crippen molar-refractivity contribution in [1.29, 1.82) is 0 Å². The number of ketones is 2. The van der Waals surface area contributed by atoms with E-state index in [9.17, 15) is 24.3 Å². The van der Waals surface area contributed by atoms with Crippen LogP contribution in [0.25, 0.3) is 0 Å². The summed E-state index contributed by atoms with van der Waals surface area (Å²) in [5.74, 6) is -3.11. The lowest BCUT2D eigenvalue weighted by atomic mass is 9.59. The summed E-state index contributed by atoms with van der Waals surface area (Å²) in [4.78, 5) is 55.5. The topological polar surface area (TPSA) is 101 Å². The van der Waals surface area contributed by atoms with E-state index in [1.807, 2.05) is 28.7 Å². The van der Waals surface area contributed by atoms with E-state index < -0.39 is 23.7 Å². The van der Waals surface area contributed by atoms with E-state index in [2.05, 4.69) is 0 Å². The lowest BCUT2D eigenvalue weighted by molar-refractivity contribution is -0.123. The second-order valence-corrected chi connectivity index (χ2v) is 11.9. The fourth-order valence-corrected chi connectivity index (χ4v) is 7.27. The average molecular weight is 656 g/mol. The van der Waals surface area contributed by atoms with Crippen molar-refractivity contribution < 1.29 is 29.0 Å². The van der Waals surface area contributed by atoms with Crippen molar-refractivity contribution in [3.63, 3.8) is 0 Å². The minimum Gasteiger partial charge on any atom is -0.504 e. The molecule has 0 radical (unpaired) electrons. The smallest absolute Gasteiger partial charge is 0.238 e. The van der Waals surface area contributed by atoms with Crippen LogP contribution >= 0.6 is 34.2 Å². The average Bonchev–Trinajstić information content (AvgIpc) is 3.18. The van der Waals surface area contributed by atoms with Crippen LogP contribution in [-0.4, -0.2) is 35.6 Å². The van der Waals surface area contributed by atoms with Gasteiger partial charge < -0.3 is 9.84 Å². The Bertz CT molecular complexity index is 1590. The second kappa shape index (κ2) is 9.45. The molecular formula is C30H23ClINO6. The van der Waals surface area contributed by atoms with Gasteiger partial charge in [-0.05, 0) is 96.3 Å². The molecule has 1 heterocycles. The number of anilines is 1. The number of fused-ring (bicyclic) bond motifs is 3. The summed E-state index contributed by atoms with van der Waals surface area (Å²) < 4.78 is 5.93. The number of hydrogen-bond donors (Lipinski definition) is 1. The molecule has 2 aromatic rings. The molecule has 2 amide bonds. The van der Waals surface area contributed by atoms with Crippen LogP contribution in [0.4, 0.5) is 5.69 Å². The number of phenols is 1. The van der Waals surface area contributed by atoms with E-state index in [1.54, 1.807) is 43.3 Å².